The number of anilines is 1. The Balaban J connectivity index is 1.30. The van der Waals surface area contributed by atoms with E-state index in [4.69, 9.17) is 4.74 Å². The SMILES string of the molecule is COC(=O)N[C@H](C(=O)NC[C@]12CC1N(C(=O)Cn1nc(C(C)=O)c3cc(-c4cnc(C)nc4)cc(C)c31)[C@H](C(=O)Nc1nc(Br)ccc1C)C2)C(C)C. The molecule has 4 amide bonds. The lowest BCUT2D eigenvalue weighted by Gasteiger charge is -2.27. The normalized spacial score (nSPS) is 19.5. The minimum Gasteiger partial charge on any atom is -0.453 e. The Morgan fingerprint density at radius 1 is 1.02 bits per heavy atom. The molecule has 0 spiro atoms. The fourth-order valence-electron chi connectivity index (χ4n) is 7.21. The maximum atomic E-state index is 14.4. The molecule has 3 aromatic heterocycles. The first kappa shape index (κ1) is 37.5. The third kappa shape index (κ3) is 7.50. The van der Waals surface area contributed by atoms with E-state index in [2.05, 4.69) is 51.9 Å². The summed E-state index contributed by atoms with van der Waals surface area (Å²) in [7, 11) is 1.23. The Kier molecular flexibility index (Phi) is 10.4. The van der Waals surface area contributed by atoms with Gasteiger partial charge in [0, 0.05) is 48.3 Å². The molecule has 0 radical (unpaired) electrons. The van der Waals surface area contributed by atoms with Crippen LogP contribution in [-0.2, 0) is 25.7 Å². The van der Waals surface area contributed by atoms with E-state index in [-0.39, 0.29) is 42.4 Å². The molecular weight excluding hydrogens is 746 g/mol. The number of methoxy groups -OCH3 is 1. The quantitative estimate of drug-likeness (QED) is 0.146. The van der Waals surface area contributed by atoms with Gasteiger partial charge >= 0.3 is 6.09 Å². The van der Waals surface area contributed by atoms with Gasteiger partial charge < -0.3 is 25.6 Å². The number of piperidine rings is 1. The van der Waals surface area contributed by atoms with Gasteiger partial charge in [0.25, 0.3) is 0 Å². The lowest BCUT2D eigenvalue weighted by molar-refractivity contribution is -0.138. The topological polar surface area (TPSA) is 190 Å². The van der Waals surface area contributed by atoms with E-state index in [0.717, 1.165) is 22.3 Å². The highest BCUT2D eigenvalue weighted by atomic mass is 79.9. The first-order valence-electron chi connectivity index (χ1n) is 17.3. The van der Waals surface area contributed by atoms with Crippen molar-refractivity contribution in [1.82, 2.24) is 40.3 Å². The van der Waals surface area contributed by atoms with E-state index in [1.54, 1.807) is 30.3 Å². The van der Waals surface area contributed by atoms with Crippen molar-refractivity contribution in [2.75, 3.05) is 19.0 Å². The molecule has 278 valence electrons. The molecule has 1 unspecified atom stereocenters. The van der Waals surface area contributed by atoms with Gasteiger partial charge in [0.05, 0.1) is 12.6 Å². The number of alkyl carbamates (subject to hydrolysis) is 1. The zero-order valence-electron chi connectivity index (χ0n) is 30.6. The van der Waals surface area contributed by atoms with Gasteiger partial charge in [-0.15, -0.1) is 0 Å². The third-order valence-corrected chi connectivity index (χ3v) is 10.5. The lowest BCUT2D eigenvalue weighted by atomic mass is 9.98. The summed E-state index contributed by atoms with van der Waals surface area (Å²) in [5.41, 5.74) is 3.40. The van der Waals surface area contributed by atoms with Crippen molar-refractivity contribution in [2.24, 2.45) is 11.3 Å². The van der Waals surface area contributed by atoms with Crippen LogP contribution < -0.4 is 16.0 Å². The molecule has 0 bridgehead atoms. The Bertz CT molecular complexity index is 2130. The number of Topliss-reactive ketones (excluding diaryl/α,β-unsaturated/α-hetero) is 1. The molecule has 2 aliphatic rings. The molecule has 1 saturated carbocycles. The van der Waals surface area contributed by atoms with Crippen molar-refractivity contribution < 1.29 is 28.7 Å². The Hall–Kier alpha value is -5.25. The van der Waals surface area contributed by atoms with Crippen LogP contribution in [-0.4, -0.2) is 91.0 Å². The number of fused-ring (bicyclic) bond motifs is 2. The molecule has 1 aliphatic carbocycles. The number of hydrogen-bond acceptors (Lipinski definition) is 10. The summed E-state index contributed by atoms with van der Waals surface area (Å²) < 4.78 is 6.78. The Morgan fingerprint density at radius 3 is 2.40 bits per heavy atom. The fourth-order valence-corrected chi connectivity index (χ4v) is 7.52. The maximum Gasteiger partial charge on any atom is 0.407 e. The highest BCUT2D eigenvalue weighted by Crippen LogP contribution is 2.59. The number of halogens is 1. The van der Waals surface area contributed by atoms with E-state index in [0.29, 0.717) is 40.0 Å². The largest absolute Gasteiger partial charge is 0.453 e. The van der Waals surface area contributed by atoms with Crippen LogP contribution in [0.5, 0.6) is 0 Å². The predicted octanol–water partition coefficient (Wildman–Crippen LogP) is 4.27. The number of nitrogens with zero attached hydrogens (tertiary/aromatic N) is 6. The minimum atomic E-state index is -0.879. The zero-order valence-corrected chi connectivity index (χ0v) is 32.2. The molecule has 53 heavy (non-hydrogen) atoms. The van der Waals surface area contributed by atoms with Gasteiger partial charge in [-0.25, -0.2) is 19.7 Å². The molecule has 16 heteroatoms. The van der Waals surface area contributed by atoms with E-state index in [1.807, 2.05) is 45.9 Å². The number of benzene rings is 1. The lowest BCUT2D eigenvalue weighted by Crippen LogP contribution is -2.50. The number of rotatable bonds is 11. The summed E-state index contributed by atoms with van der Waals surface area (Å²) >= 11 is 3.36. The number of pyridine rings is 1. The number of ether oxygens (including phenoxy) is 1. The van der Waals surface area contributed by atoms with Crippen molar-refractivity contribution in [2.45, 2.75) is 79.1 Å². The zero-order chi connectivity index (χ0) is 38.4. The average molecular weight is 789 g/mol. The molecule has 4 atom stereocenters. The molecule has 15 nitrogen and oxygen atoms in total. The highest BCUT2D eigenvalue weighted by Gasteiger charge is 2.67. The first-order valence-corrected chi connectivity index (χ1v) is 18.1. The summed E-state index contributed by atoms with van der Waals surface area (Å²) in [6.07, 6.45) is 3.57. The van der Waals surface area contributed by atoms with E-state index in [1.165, 1.54) is 18.7 Å². The van der Waals surface area contributed by atoms with Gasteiger partial charge in [-0.2, -0.15) is 5.10 Å². The van der Waals surface area contributed by atoms with Gasteiger partial charge in [-0.05, 0) is 90.4 Å². The molecule has 4 heterocycles. The van der Waals surface area contributed by atoms with Crippen molar-refractivity contribution in [3.63, 3.8) is 0 Å². The van der Waals surface area contributed by atoms with E-state index >= 15 is 0 Å². The molecule has 6 rings (SSSR count). The number of carbonyl (C=O) groups excluding carboxylic acids is 5. The van der Waals surface area contributed by atoms with Crippen LogP contribution in [0.1, 0.15) is 61.1 Å². The van der Waals surface area contributed by atoms with Gasteiger partial charge in [0.2, 0.25) is 17.7 Å². The molecule has 1 saturated heterocycles. The predicted molar refractivity (Wildman–Crippen MR) is 199 cm³/mol. The summed E-state index contributed by atoms with van der Waals surface area (Å²) in [5.74, 6) is -0.644. The van der Waals surface area contributed by atoms with Crippen LogP contribution in [0, 0.1) is 32.1 Å². The number of likely N-dealkylation sites (tertiary alicyclic amines) is 1. The number of nitrogens with one attached hydrogen (secondary N) is 3. The van der Waals surface area contributed by atoms with Gasteiger partial charge in [0.15, 0.2) is 5.78 Å². The fraction of sp³-hybridized carbons (Fsp3) is 0.432. The van der Waals surface area contributed by atoms with Gasteiger partial charge in [-0.3, -0.25) is 23.9 Å². The molecule has 3 N–H and O–H groups in total. The van der Waals surface area contributed by atoms with Crippen LogP contribution in [0.4, 0.5) is 10.6 Å². The summed E-state index contributed by atoms with van der Waals surface area (Å²) in [4.78, 5) is 81.1. The summed E-state index contributed by atoms with van der Waals surface area (Å²) in [6, 6.07) is 5.32. The van der Waals surface area contributed by atoms with E-state index < -0.39 is 35.4 Å². The monoisotopic (exact) mass is 787 g/mol. The second kappa shape index (κ2) is 14.6. The number of aromatic nitrogens is 5. The molecular formula is C37H42BrN9O6. The molecule has 2 fully saturated rings. The van der Waals surface area contributed by atoms with Gasteiger partial charge in [0.1, 0.15) is 40.6 Å². The van der Waals surface area contributed by atoms with E-state index in [9.17, 15) is 24.0 Å². The van der Waals surface area contributed by atoms with Crippen LogP contribution in [0.25, 0.3) is 22.0 Å². The third-order valence-electron chi connectivity index (χ3n) is 10.1. The summed E-state index contributed by atoms with van der Waals surface area (Å²) in [5, 5.41) is 13.7. The highest BCUT2D eigenvalue weighted by molar-refractivity contribution is 9.10. The number of amides is 4. The minimum absolute atomic E-state index is 0.189. The number of ketones is 1. The van der Waals surface area contributed by atoms with Crippen molar-refractivity contribution in [3.05, 3.63) is 63.9 Å². The Labute approximate surface area is 314 Å². The number of carbonyl (C=O) groups is 5. The van der Waals surface area contributed by atoms with Gasteiger partial charge in [-0.1, -0.05) is 19.9 Å². The number of aryl methyl sites for hydroxylation is 3. The molecule has 4 aromatic rings. The summed E-state index contributed by atoms with van der Waals surface area (Å²) in [6.45, 7) is 10.5. The molecule has 1 aliphatic heterocycles. The smallest absolute Gasteiger partial charge is 0.407 e. The van der Waals surface area contributed by atoms with Crippen LogP contribution in [0.2, 0.25) is 0 Å². The molecule has 1 aromatic carbocycles. The first-order chi connectivity index (χ1) is 25.1. The van der Waals surface area contributed by atoms with Crippen molar-refractivity contribution in [1.29, 1.82) is 0 Å². The number of hydrogen-bond donors (Lipinski definition) is 3. The standard InChI is InChI=1S/C37H42BrN9O6/c1-18(2)30(43-36(52)53-7)35(51)41-17-37-12-26(34(50)44-33-19(3)8-9-28(38)42-33)47(27(37)13-37)29(49)16-46-32-20(4)10-23(24-14-39-22(6)40-15-24)11-25(32)31(45-46)21(5)48/h8-11,14-15,18,26-27,30H,12-13,16-17H2,1-7H3,(H,41,51)(H,43,52)(H,42,44,50)/t26-,27?,30-,37-/m0/s1. The van der Waals surface area contributed by atoms with Crippen molar-refractivity contribution in [3.8, 4) is 11.1 Å². The second-order valence-electron chi connectivity index (χ2n) is 14.2. The van der Waals surface area contributed by atoms with Crippen LogP contribution in [0.15, 0.2) is 41.3 Å². The Morgan fingerprint density at radius 2 is 1.74 bits per heavy atom. The second-order valence-corrected chi connectivity index (χ2v) is 15.1. The van der Waals surface area contributed by atoms with Crippen LogP contribution >= 0.6 is 15.9 Å². The van der Waals surface area contributed by atoms with Crippen LogP contribution in [0.3, 0.4) is 0 Å². The maximum absolute atomic E-state index is 14.4. The van der Waals surface area contributed by atoms with Crippen molar-refractivity contribution >= 4 is 62.2 Å². The average Bonchev–Trinajstić information content (AvgIpc) is 3.52.